The summed E-state index contributed by atoms with van der Waals surface area (Å²) in [6, 6.07) is 5.12. The molecule has 0 aliphatic heterocycles. The molecule has 1 heterocycles. The van der Waals surface area contributed by atoms with Crippen molar-refractivity contribution in [1.82, 2.24) is 4.98 Å². The number of aromatic nitrogens is 1. The van der Waals surface area contributed by atoms with Gasteiger partial charge in [0.05, 0.1) is 12.1 Å². The van der Waals surface area contributed by atoms with Crippen molar-refractivity contribution in [2.75, 3.05) is 7.11 Å². The number of pyridine rings is 1. The predicted molar refractivity (Wildman–Crippen MR) is 62.2 cm³/mol. The highest BCUT2D eigenvalue weighted by molar-refractivity contribution is 5.92. The van der Waals surface area contributed by atoms with E-state index in [2.05, 4.69) is 4.98 Å². The van der Waals surface area contributed by atoms with Crippen LogP contribution in [0.5, 0.6) is 0 Å². The lowest BCUT2D eigenvalue weighted by Crippen LogP contribution is -2.15. The second kappa shape index (κ2) is 4.39. The molecule has 88 valence electrons. The zero-order chi connectivity index (χ0) is 12.4. The van der Waals surface area contributed by atoms with Crippen molar-refractivity contribution in [3.05, 3.63) is 45.7 Å². The number of carboxylic acids is 1. The summed E-state index contributed by atoms with van der Waals surface area (Å²) >= 11 is 0. The summed E-state index contributed by atoms with van der Waals surface area (Å²) in [4.78, 5) is 25.6. The number of carbonyl (C=O) groups is 1. The van der Waals surface area contributed by atoms with Gasteiger partial charge < -0.3 is 14.8 Å². The zero-order valence-corrected chi connectivity index (χ0v) is 9.19. The van der Waals surface area contributed by atoms with Crippen LogP contribution in [-0.4, -0.2) is 23.2 Å². The lowest BCUT2D eigenvalue weighted by molar-refractivity contribution is 0.0695. The van der Waals surface area contributed by atoms with Crippen LogP contribution in [0.4, 0.5) is 0 Å². The average Bonchev–Trinajstić information content (AvgIpc) is 2.30. The van der Waals surface area contributed by atoms with Crippen molar-refractivity contribution >= 4 is 16.9 Å². The van der Waals surface area contributed by atoms with Crippen molar-refractivity contribution in [3.63, 3.8) is 0 Å². The van der Waals surface area contributed by atoms with Gasteiger partial charge in [-0.1, -0.05) is 12.1 Å². The van der Waals surface area contributed by atoms with Gasteiger partial charge in [-0.05, 0) is 6.07 Å². The number of rotatable bonds is 3. The Kier molecular flexibility index (Phi) is 2.93. The largest absolute Gasteiger partial charge is 0.477 e. The number of aromatic amines is 1. The Hall–Kier alpha value is -2.14. The summed E-state index contributed by atoms with van der Waals surface area (Å²) in [5, 5.41) is 9.21. The number of hydrogen-bond acceptors (Lipinski definition) is 3. The van der Waals surface area contributed by atoms with Gasteiger partial charge in [-0.25, -0.2) is 4.79 Å². The van der Waals surface area contributed by atoms with E-state index in [9.17, 15) is 9.59 Å². The third kappa shape index (κ3) is 1.92. The molecule has 0 atom stereocenters. The van der Waals surface area contributed by atoms with E-state index in [4.69, 9.17) is 9.84 Å². The van der Waals surface area contributed by atoms with Gasteiger partial charge in [0, 0.05) is 24.3 Å². The van der Waals surface area contributed by atoms with Crippen LogP contribution in [0, 0.1) is 0 Å². The number of hydrogen-bond donors (Lipinski definition) is 2. The van der Waals surface area contributed by atoms with E-state index in [0.717, 1.165) is 5.56 Å². The first-order chi connectivity index (χ1) is 8.15. The lowest BCUT2D eigenvalue weighted by Gasteiger charge is -2.05. The van der Waals surface area contributed by atoms with Crippen molar-refractivity contribution in [2.45, 2.75) is 6.61 Å². The normalized spacial score (nSPS) is 10.6. The number of fused-ring (bicyclic) bond motifs is 1. The van der Waals surface area contributed by atoms with Gasteiger partial charge >= 0.3 is 5.97 Å². The van der Waals surface area contributed by atoms with Crippen molar-refractivity contribution in [3.8, 4) is 0 Å². The minimum atomic E-state index is -1.23. The Morgan fingerprint density at radius 1 is 1.47 bits per heavy atom. The maximum absolute atomic E-state index is 11.9. The van der Waals surface area contributed by atoms with Gasteiger partial charge in [0.2, 0.25) is 5.43 Å². The molecule has 1 aromatic carbocycles. The second-order valence-corrected chi connectivity index (χ2v) is 3.61. The molecular formula is C12H11NO4. The number of ether oxygens (including phenoxy) is 1. The third-order valence-corrected chi connectivity index (χ3v) is 2.53. The van der Waals surface area contributed by atoms with Crippen molar-refractivity contribution < 1.29 is 14.6 Å². The summed E-state index contributed by atoms with van der Waals surface area (Å²) in [7, 11) is 1.56. The van der Waals surface area contributed by atoms with E-state index in [1.54, 1.807) is 19.2 Å². The molecule has 0 aliphatic carbocycles. The molecule has 0 bridgehead atoms. The molecule has 2 aromatic rings. The molecule has 0 spiro atoms. The number of nitrogens with one attached hydrogen (secondary N) is 1. The summed E-state index contributed by atoms with van der Waals surface area (Å²) in [5.41, 5.74) is 0.694. The predicted octanol–water partition coefficient (Wildman–Crippen LogP) is 1.37. The monoisotopic (exact) mass is 233 g/mol. The Balaban J connectivity index is 2.76. The fourth-order valence-corrected chi connectivity index (χ4v) is 1.75. The SMILES string of the molecule is COCc1cccc2c(=O)c(C(=O)O)c[nH]c12. The number of methoxy groups -OCH3 is 1. The van der Waals surface area contributed by atoms with E-state index in [1.807, 2.05) is 6.07 Å². The summed E-state index contributed by atoms with van der Waals surface area (Å²) in [5.74, 6) is -1.23. The minimum Gasteiger partial charge on any atom is -0.477 e. The van der Waals surface area contributed by atoms with Crippen LogP contribution in [-0.2, 0) is 11.3 Å². The molecule has 0 saturated heterocycles. The molecule has 5 heteroatoms. The van der Waals surface area contributed by atoms with E-state index in [0.29, 0.717) is 17.5 Å². The molecule has 5 nitrogen and oxygen atoms in total. The van der Waals surface area contributed by atoms with Gasteiger partial charge in [0.25, 0.3) is 0 Å². The molecule has 2 N–H and O–H groups in total. The summed E-state index contributed by atoms with van der Waals surface area (Å²) < 4.78 is 5.02. The van der Waals surface area contributed by atoms with Gasteiger partial charge in [0.15, 0.2) is 0 Å². The topological polar surface area (TPSA) is 79.4 Å². The molecule has 0 unspecified atom stereocenters. The molecular weight excluding hydrogens is 222 g/mol. The quantitative estimate of drug-likeness (QED) is 0.839. The first-order valence-corrected chi connectivity index (χ1v) is 5.00. The highest BCUT2D eigenvalue weighted by Crippen LogP contribution is 2.14. The first kappa shape index (κ1) is 11.3. The van der Waals surface area contributed by atoms with E-state index in [1.165, 1.54) is 6.20 Å². The van der Waals surface area contributed by atoms with Crippen LogP contribution < -0.4 is 5.43 Å². The number of benzene rings is 1. The zero-order valence-electron chi connectivity index (χ0n) is 9.19. The lowest BCUT2D eigenvalue weighted by atomic mass is 10.1. The maximum Gasteiger partial charge on any atom is 0.341 e. The van der Waals surface area contributed by atoms with Crippen LogP contribution >= 0.6 is 0 Å². The number of para-hydroxylation sites is 1. The number of carboxylic acid groups (broad SMARTS) is 1. The van der Waals surface area contributed by atoms with Gasteiger partial charge in [-0.3, -0.25) is 4.79 Å². The summed E-state index contributed by atoms with van der Waals surface area (Å²) in [6.07, 6.45) is 1.21. The van der Waals surface area contributed by atoms with Crippen LogP contribution in [0.3, 0.4) is 0 Å². The molecule has 0 aliphatic rings. The smallest absolute Gasteiger partial charge is 0.341 e. The van der Waals surface area contributed by atoms with E-state index < -0.39 is 11.4 Å². The van der Waals surface area contributed by atoms with Crippen LogP contribution in [0.15, 0.2) is 29.2 Å². The number of H-pyrrole nitrogens is 1. The Labute approximate surface area is 96.7 Å². The molecule has 0 fully saturated rings. The second-order valence-electron chi connectivity index (χ2n) is 3.61. The standard InChI is InChI=1S/C12H11NO4/c1-17-6-7-3-2-4-8-10(7)13-5-9(11(8)14)12(15)16/h2-5H,6H2,1H3,(H,13,14)(H,15,16). The minimum absolute atomic E-state index is 0.257. The van der Waals surface area contributed by atoms with E-state index >= 15 is 0 Å². The molecule has 17 heavy (non-hydrogen) atoms. The van der Waals surface area contributed by atoms with Crippen LogP contribution in [0.2, 0.25) is 0 Å². The van der Waals surface area contributed by atoms with Crippen LogP contribution in [0.1, 0.15) is 15.9 Å². The highest BCUT2D eigenvalue weighted by Gasteiger charge is 2.12. The molecule has 2 rings (SSSR count). The van der Waals surface area contributed by atoms with Crippen LogP contribution in [0.25, 0.3) is 10.9 Å². The molecule has 0 amide bonds. The van der Waals surface area contributed by atoms with E-state index in [-0.39, 0.29) is 5.56 Å². The first-order valence-electron chi connectivity index (χ1n) is 5.00. The Bertz CT molecular complexity index is 630. The third-order valence-electron chi connectivity index (χ3n) is 2.53. The average molecular weight is 233 g/mol. The molecule has 0 saturated carbocycles. The Morgan fingerprint density at radius 2 is 2.24 bits per heavy atom. The molecule has 0 radical (unpaired) electrons. The maximum atomic E-state index is 11.9. The fourth-order valence-electron chi connectivity index (χ4n) is 1.75. The number of aromatic carboxylic acids is 1. The van der Waals surface area contributed by atoms with Gasteiger partial charge in [-0.15, -0.1) is 0 Å². The van der Waals surface area contributed by atoms with Crippen molar-refractivity contribution in [2.24, 2.45) is 0 Å². The summed E-state index contributed by atoms with van der Waals surface area (Å²) in [6.45, 7) is 0.361. The van der Waals surface area contributed by atoms with Gasteiger partial charge in [0.1, 0.15) is 5.56 Å². The Morgan fingerprint density at radius 3 is 2.88 bits per heavy atom. The van der Waals surface area contributed by atoms with Gasteiger partial charge in [-0.2, -0.15) is 0 Å². The van der Waals surface area contributed by atoms with Crippen molar-refractivity contribution in [1.29, 1.82) is 0 Å². The molecule has 1 aromatic heterocycles. The fraction of sp³-hybridized carbons (Fsp3) is 0.167. The highest BCUT2D eigenvalue weighted by atomic mass is 16.5.